The molecule has 1 aliphatic heterocycles. The van der Waals surface area contributed by atoms with Crippen molar-refractivity contribution in [1.29, 1.82) is 0 Å². The quantitative estimate of drug-likeness (QED) is 0.664. The van der Waals surface area contributed by atoms with Gasteiger partial charge in [0.25, 0.3) is 11.8 Å². The van der Waals surface area contributed by atoms with E-state index in [1.165, 1.54) is 0 Å². The number of nitrogens with zero attached hydrogens (tertiary/aromatic N) is 2. The molecular weight excluding hydrogens is 364 g/mol. The fourth-order valence-corrected chi connectivity index (χ4v) is 3.88. The highest BCUT2D eigenvalue weighted by molar-refractivity contribution is 6.01. The number of hydrogen-bond donors (Lipinski definition) is 2. The van der Waals surface area contributed by atoms with Crippen LogP contribution in [0.2, 0.25) is 0 Å². The lowest BCUT2D eigenvalue weighted by Crippen LogP contribution is -2.38. The van der Waals surface area contributed by atoms with Gasteiger partial charge in [0.05, 0.1) is 0 Å². The maximum atomic E-state index is 11.9. The van der Waals surface area contributed by atoms with Gasteiger partial charge in [0.15, 0.2) is 0 Å². The molecule has 150 valence electrons. The van der Waals surface area contributed by atoms with E-state index in [1.54, 1.807) is 0 Å². The van der Waals surface area contributed by atoms with Crippen LogP contribution in [0.3, 0.4) is 0 Å². The van der Waals surface area contributed by atoms with Crippen molar-refractivity contribution in [3.63, 3.8) is 0 Å². The van der Waals surface area contributed by atoms with Crippen molar-refractivity contribution in [3.05, 3.63) is 34.9 Å². The van der Waals surface area contributed by atoms with Gasteiger partial charge in [-0.15, -0.1) is 5.06 Å². The van der Waals surface area contributed by atoms with Gasteiger partial charge in [-0.05, 0) is 43.6 Å². The number of likely N-dealkylation sites (N-methyl/N-ethyl adjacent to an activating group) is 1. The molecular formula is C19H24N4O5. The summed E-state index contributed by atoms with van der Waals surface area (Å²) in [6.07, 6.45) is -0.118. The minimum absolute atomic E-state index is 0.0538. The predicted molar refractivity (Wildman–Crippen MR) is 99.2 cm³/mol. The van der Waals surface area contributed by atoms with Crippen molar-refractivity contribution in [1.82, 2.24) is 15.3 Å². The second-order valence-electron chi connectivity index (χ2n) is 7.36. The molecule has 1 saturated heterocycles. The third kappa shape index (κ3) is 3.99. The number of amides is 4. The SMILES string of the molecule is CN(C)CC1c2ccc(cc2C(N)=O)C1CCNC(=O)ON1C(=O)CCC1=O. The number of benzene rings is 1. The first-order chi connectivity index (χ1) is 13.3. The number of imide groups is 1. The highest BCUT2D eigenvalue weighted by Crippen LogP contribution is 2.43. The first-order valence-corrected chi connectivity index (χ1v) is 9.18. The Balaban J connectivity index is 1.62. The van der Waals surface area contributed by atoms with E-state index in [-0.39, 0.29) is 24.7 Å². The highest BCUT2D eigenvalue weighted by atomic mass is 16.7. The summed E-state index contributed by atoms with van der Waals surface area (Å²) in [6.45, 7) is 1.04. The van der Waals surface area contributed by atoms with Gasteiger partial charge in [0, 0.05) is 37.4 Å². The fraction of sp³-hybridized carbons (Fsp3) is 0.474. The summed E-state index contributed by atoms with van der Waals surface area (Å²) in [4.78, 5) is 53.5. The molecule has 2 aliphatic carbocycles. The summed E-state index contributed by atoms with van der Waals surface area (Å²) in [5, 5.41) is 3.10. The lowest BCUT2D eigenvalue weighted by Gasteiger charge is -2.36. The number of fused-ring (bicyclic) bond motifs is 3. The Hall–Kier alpha value is -2.94. The number of primary amides is 1. The zero-order chi connectivity index (χ0) is 20.4. The van der Waals surface area contributed by atoms with E-state index in [0.29, 0.717) is 23.6 Å². The van der Waals surface area contributed by atoms with Gasteiger partial charge in [-0.3, -0.25) is 14.4 Å². The second-order valence-corrected chi connectivity index (χ2v) is 7.36. The number of carbonyl (C=O) groups excluding carboxylic acids is 4. The van der Waals surface area contributed by atoms with E-state index in [1.807, 2.05) is 37.2 Å². The molecule has 0 spiro atoms. The van der Waals surface area contributed by atoms with Crippen LogP contribution in [0.15, 0.2) is 18.2 Å². The van der Waals surface area contributed by atoms with Crippen LogP contribution in [-0.4, -0.2) is 61.0 Å². The monoisotopic (exact) mass is 388 g/mol. The molecule has 2 atom stereocenters. The molecule has 9 nitrogen and oxygen atoms in total. The molecule has 28 heavy (non-hydrogen) atoms. The molecule has 2 unspecified atom stereocenters. The Morgan fingerprint density at radius 2 is 1.89 bits per heavy atom. The Kier molecular flexibility index (Phi) is 5.64. The second kappa shape index (κ2) is 7.97. The Bertz CT molecular complexity index is 807. The van der Waals surface area contributed by atoms with E-state index in [9.17, 15) is 19.2 Å². The molecule has 1 aromatic rings. The van der Waals surface area contributed by atoms with Crippen LogP contribution < -0.4 is 11.1 Å². The standard InChI is InChI=1S/C19H24N4O5/c1-22(2)10-15-12(11-3-4-13(15)14(9-11)18(20)26)7-8-21-19(27)28-23-16(24)5-6-17(23)25/h3-4,9,12,15H,5-8,10H2,1-2H3,(H2,20,26)(H,21,27). The van der Waals surface area contributed by atoms with Gasteiger partial charge in [-0.25, -0.2) is 4.79 Å². The van der Waals surface area contributed by atoms with Gasteiger partial charge in [0.1, 0.15) is 0 Å². The number of hydrogen-bond acceptors (Lipinski definition) is 6. The van der Waals surface area contributed by atoms with Crippen molar-refractivity contribution in [2.24, 2.45) is 5.73 Å². The summed E-state index contributed by atoms with van der Waals surface area (Å²) in [6, 6.07) is 5.72. The minimum Gasteiger partial charge on any atom is -0.366 e. The summed E-state index contributed by atoms with van der Waals surface area (Å²) < 4.78 is 0. The lowest BCUT2D eigenvalue weighted by atomic mass is 9.71. The zero-order valence-corrected chi connectivity index (χ0v) is 15.9. The first kappa shape index (κ1) is 19.8. The Morgan fingerprint density at radius 1 is 1.21 bits per heavy atom. The van der Waals surface area contributed by atoms with Crippen LogP contribution in [0.1, 0.15) is 52.6 Å². The summed E-state index contributed by atoms with van der Waals surface area (Å²) in [5.41, 5.74) is 7.96. The van der Waals surface area contributed by atoms with E-state index >= 15 is 0 Å². The van der Waals surface area contributed by atoms with Gasteiger partial charge in [0.2, 0.25) is 5.91 Å². The molecule has 3 N–H and O–H groups in total. The number of nitrogens with two attached hydrogens (primary N) is 1. The van der Waals surface area contributed by atoms with Crippen LogP contribution in [0, 0.1) is 0 Å². The summed E-state index contributed by atoms with van der Waals surface area (Å²) >= 11 is 0. The van der Waals surface area contributed by atoms with Crippen molar-refractivity contribution < 1.29 is 24.0 Å². The van der Waals surface area contributed by atoms with Crippen molar-refractivity contribution in [2.45, 2.75) is 31.1 Å². The van der Waals surface area contributed by atoms with Crippen LogP contribution in [-0.2, 0) is 14.4 Å². The van der Waals surface area contributed by atoms with Crippen LogP contribution in [0.5, 0.6) is 0 Å². The van der Waals surface area contributed by atoms with Crippen molar-refractivity contribution in [3.8, 4) is 0 Å². The predicted octanol–water partition coefficient (Wildman–Crippen LogP) is 0.708. The summed E-state index contributed by atoms with van der Waals surface area (Å²) in [7, 11) is 3.92. The average molecular weight is 388 g/mol. The minimum atomic E-state index is -0.838. The van der Waals surface area contributed by atoms with Crippen molar-refractivity contribution >= 4 is 23.8 Å². The molecule has 0 aromatic heterocycles. The number of nitrogens with one attached hydrogen (secondary N) is 1. The third-order valence-electron chi connectivity index (χ3n) is 5.12. The average Bonchev–Trinajstić information content (AvgIpc) is 2.95. The topological polar surface area (TPSA) is 122 Å². The highest BCUT2D eigenvalue weighted by Gasteiger charge is 2.35. The first-order valence-electron chi connectivity index (χ1n) is 9.18. The van der Waals surface area contributed by atoms with E-state index in [2.05, 4.69) is 5.32 Å². The van der Waals surface area contributed by atoms with Crippen LogP contribution >= 0.6 is 0 Å². The molecule has 3 aliphatic rings. The maximum absolute atomic E-state index is 11.9. The molecule has 1 aromatic carbocycles. The van der Waals surface area contributed by atoms with Crippen LogP contribution in [0.25, 0.3) is 0 Å². The van der Waals surface area contributed by atoms with Crippen molar-refractivity contribution in [2.75, 3.05) is 27.2 Å². The molecule has 4 amide bonds. The maximum Gasteiger partial charge on any atom is 0.432 e. The smallest absolute Gasteiger partial charge is 0.366 e. The lowest BCUT2D eigenvalue weighted by molar-refractivity contribution is -0.171. The normalized spacial score (nSPS) is 20.8. The fourth-order valence-electron chi connectivity index (χ4n) is 3.88. The summed E-state index contributed by atoms with van der Waals surface area (Å²) in [5.74, 6) is -1.28. The largest absolute Gasteiger partial charge is 0.432 e. The van der Waals surface area contributed by atoms with Crippen LogP contribution in [0.4, 0.5) is 4.79 Å². The molecule has 1 heterocycles. The molecule has 2 bridgehead atoms. The molecule has 9 heteroatoms. The van der Waals surface area contributed by atoms with E-state index < -0.39 is 23.8 Å². The molecule has 4 rings (SSSR count). The Labute approximate surface area is 162 Å². The number of carbonyl (C=O) groups is 4. The molecule has 0 radical (unpaired) electrons. The van der Waals surface area contributed by atoms with Gasteiger partial charge >= 0.3 is 6.09 Å². The van der Waals surface area contributed by atoms with E-state index in [4.69, 9.17) is 10.6 Å². The third-order valence-corrected chi connectivity index (χ3v) is 5.12. The van der Waals surface area contributed by atoms with E-state index in [0.717, 1.165) is 17.7 Å². The number of rotatable bonds is 7. The zero-order valence-electron chi connectivity index (χ0n) is 15.9. The van der Waals surface area contributed by atoms with Gasteiger partial charge in [-0.1, -0.05) is 12.1 Å². The van der Waals surface area contributed by atoms with Gasteiger partial charge in [-0.2, -0.15) is 0 Å². The molecule has 1 fully saturated rings. The molecule has 0 saturated carbocycles. The Morgan fingerprint density at radius 3 is 2.50 bits per heavy atom. The number of hydroxylamine groups is 2. The van der Waals surface area contributed by atoms with Gasteiger partial charge < -0.3 is 20.8 Å².